The van der Waals surface area contributed by atoms with E-state index in [1.54, 1.807) is 12.1 Å². The van der Waals surface area contributed by atoms with Gasteiger partial charge in [0.25, 0.3) is 5.69 Å². The van der Waals surface area contributed by atoms with E-state index in [2.05, 4.69) is 25.7 Å². The number of unbranched alkanes of at least 4 members (excludes halogenated alkanes) is 3. The maximum Gasteiger partial charge on any atom is 0.292 e. The minimum absolute atomic E-state index is 0.0224. The first-order chi connectivity index (χ1) is 14.6. The zero-order valence-corrected chi connectivity index (χ0v) is 16.9. The van der Waals surface area contributed by atoms with Crippen LogP contribution >= 0.6 is 0 Å². The molecule has 30 heavy (non-hydrogen) atoms. The molecule has 2 atom stereocenters. The first-order valence-electron chi connectivity index (χ1n) is 10.4. The summed E-state index contributed by atoms with van der Waals surface area (Å²) in [5, 5.41) is 44.6. The van der Waals surface area contributed by atoms with E-state index in [0.717, 1.165) is 45.2 Å². The first kappa shape index (κ1) is 22.1. The van der Waals surface area contributed by atoms with Crippen LogP contribution in [0.1, 0.15) is 38.5 Å². The number of piperidine rings is 1. The van der Waals surface area contributed by atoms with Gasteiger partial charge in [-0.25, -0.2) is 4.68 Å². The molecule has 0 unspecified atom stereocenters. The number of aliphatic hydroxyl groups is 2. The van der Waals surface area contributed by atoms with Gasteiger partial charge in [-0.15, -0.1) is 5.10 Å². The maximum absolute atomic E-state index is 11.3. The summed E-state index contributed by atoms with van der Waals surface area (Å²) in [6.45, 7) is 2.47. The van der Waals surface area contributed by atoms with Crippen LogP contribution in [0.2, 0.25) is 0 Å². The van der Waals surface area contributed by atoms with Crippen molar-refractivity contribution in [3.63, 3.8) is 0 Å². The number of nitrogens with one attached hydrogen (secondary N) is 1. The molecule has 1 saturated heterocycles. The van der Waals surface area contributed by atoms with Crippen molar-refractivity contribution in [2.45, 2.75) is 50.7 Å². The Balaban J connectivity index is 1.41. The molecule has 1 aromatic heterocycles. The topological polar surface area (TPSA) is 142 Å². The second kappa shape index (κ2) is 11.0. The number of likely N-dealkylation sites (tertiary alicyclic amines) is 1. The Bertz CT molecular complexity index is 802. The second-order valence-electron chi connectivity index (χ2n) is 7.60. The molecular weight excluding hydrogens is 390 g/mol. The van der Waals surface area contributed by atoms with Crippen molar-refractivity contribution in [1.82, 2.24) is 25.1 Å². The predicted molar refractivity (Wildman–Crippen MR) is 110 cm³/mol. The van der Waals surface area contributed by atoms with Gasteiger partial charge >= 0.3 is 0 Å². The molecule has 3 N–H and O–H groups in total. The normalized spacial score (nSPS) is 19.7. The van der Waals surface area contributed by atoms with Crippen LogP contribution in [0.3, 0.4) is 0 Å². The molecule has 1 aliphatic rings. The van der Waals surface area contributed by atoms with Gasteiger partial charge < -0.3 is 15.5 Å². The molecule has 164 valence electrons. The van der Waals surface area contributed by atoms with Gasteiger partial charge in [-0.1, -0.05) is 12.8 Å². The molecule has 11 heteroatoms. The van der Waals surface area contributed by atoms with Gasteiger partial charge in [0.15, 0.2) is 0 Å². The third-order valence-corrected chi connectivity index (χ3v) is 5.50. The zero-order valence-electron chi connectivity index (χ0n) is 16.9. The van der Waals surface area contributed by atoms with Crippen molar-refractivity contribution < 1.29 is 15.1 Å². The van der Waals surface area contributed by atoms with Gasteiger partial charge in [-0.2, -0.15) is 0 Å². The largest absolute Gasteiger partial charge is 0.395 e. The van der Waals surface area contributed by atoms with Crippen LogP contribution in [-0.2, 0) is 0 Å². The summed E-state index contributed by atoms with van der Waals surface area (Å²) in [4.78, 5) is 13.2. The van der Waals surface area contributed by atoms with E-state index in [9.17, 15) is 20.3 Å². The third-order valence-electron chi connectivity index (χ3n) is 5.50. The van der Waals surface area contributed by atoms with Crippen LogP contribution < -0.4 is 5.32 Å². The molecule has 1 aliphatic heterocycles. The lowest BCUT2D eigenvalue weighted by atomic mass is 9.99. The second-order valence-corrected chi connectivity index (χ2v) is 7.60. The minimum atomic E-state index is -0.404. The van der Waals surface area contributed by atoms with Gasteiger partial charge in [0.1, 0.15) is 12.0 Å². The Morgan fingerprint density at radius 2 is 2.10 bits per heavy atom. The fraction of sp³-hybridized carbons (Fsp3) is 0.632. The summed E-state index contributed by atoms with van der Waals surface area (Å²) < 4.78 is 1.45. The first-order valence-corrected chi connectivity index (χ1v) is 10.4. The predicted octanol–water partition coefficient (Wildman–Crippen LogP) is 1.36. The van der Waals surface area contributed by atoms with Gasteiger partial charge in [0.05, 0.1) is 23.3 Å². The highest BCUT2D eigenvalue weighted by molar-refractivity contribution is 5.65. The van der Waals surface area contributed by atoms with Gasteiger partial charge in [-0.05, 0) is 54.8 Å². The summed E-state index contributed by atoms with van der Waals surface area (Å²) in [5.41, 5.74) is 1.12. The molecule has 1 aromatic carbocycles. The van der Waals surface area contributed by atoms with Gasteiger partial charge in [0, 0.05) is 25.2 Å². The number of rotatable bonds is 11. The van der Waals surface area contributed by atoms with Crippen molar-refractivity contribution in [3.05, 3.63) is 34.6 Å². The lowest BCUT2D eigenvalue weighted by Crippen LogP contribution is -2.46. The number of nitrogens with zero attached hydrogens (tertiary/aromatic N) is 6. The SMILES string of the molecule is O=[N+]([O-])c1ccc(-n2cnnn2)cc1NCCCCCCN1CC[C@@H](O)C[C@H]1CO. The zero-order chi connectivity index (χ0) is 21.3. The van der Waals surface area contributed by atoms with Gasteiger partial charge in [0.2, 0.25) is 0 Å². The molecule has 2 heterocycles. The number of aliphatic hydroxyl groups excluding tert-OH is 2. The van der Waals surface area contributed by atoms with E-state index < -0.39 is 4.92 Å². The number of nitro groups is 1. The highest BCUT2D eigenvalue weighted by Gasteiger charge is 2.26. The van der Waals surface area contributed by atoms with E-state index in [1.807, 2.05) is 0 Å². The Morgan fingerprint density at radius 1 is 1.27 bits per heavy atom. The van der Waals surface area contributed by atoms with Crippen LogP contribution in [0.5, 0.6) is 0 Å². The average molecular weight is 419 g/mol. The van der Waals surface area contributed by atoms with Crippen molar-refractivity contribution >= 4 is 11.4 Å². The number of hydrogen-bond acceptors (Lipinski definition) is 9. The molecule has 2 aromatic rings. The quantitative estimate of drug-likeness (QED) is 0.279. The van der Waals surface area contributed by atoms with Crippen molar-refractivity contribution in [2.75, 3.05) is 31.6 Å². The monoisotopic (exact) mass is 419 g/mol. The Kier molecular flexibility index (Phi) is 8.05. The fourth-order valence-electron chi connectivity index (χ4n) is 3.83. The van der Waals surface area contributed by atoms with E-state index in [4.69, 9.17) is 0 Å². The summed E-state index contributed by atoms with van der Waals surface area (Å²) >= 11 is 0. The summed E-state index contributed by atoms with van der Waals surface area (Å²) in [7, 11) is 0. The van der Waals surface area contributed by atoms with Crippen LogP contribution in [0, 0.1) is 10.1 Å². The number of anilines is 1. The highest BCUT2D eigenvalue weighted by Crippen LogP contribution is 2.27. The van der Waals surface area contributed by atoms with Crippen molar-refractivity contribution in [3.8, 4) is 5.69 Å². The lowest BCUT2D eigenvalue weighted by molar-refractivity contribution is -0.384. The van der Waals surface area contributed by atoms with E-state index in [1.165, 1.54) is 17.1 Å². The number of aromatic nitrogens is 4. The lowest BCUT2D eigenvalue weighted by Gasteiger charge is -2.36. The summed E-state index contributed by atoms with van der Waals surface area (Å²) in [6.07, 6.45) is 6.53. The van der Waals surface area contributed by atoms with Crippen LogP contribution in [0.4, 0.5) is 11.4 Å². The Morgan fingerprint density at radius 3 is 2.83 bits per heavy atom. The van der Waals surface area contributed by atoms with Crippen LogP contribution in [-0.4, -0.2) is 78.6 Å². The number of nitro benzene ring substituents is 1. The van der Waals surface area contributed by atoms with Crippen LogP contribution in [0.25, 0.3) is 5.69 Å². The van der Waals surface area contributed by atoms with Crippen molar-refractivity contribution in [2.24, 2.45) is 0 Å². The third kappa shape index (κ3) is 5.94. The molecule has 0 amide bonds. The molecule has 0 spiro atoms. The van der Waals surface area contributed by atoms with Crippen molar-refractivity contribution in [1.29, 1.82) is 0 Å². The number of tetrazole rings is 1. The average Bonchev–Trinajstić information content (AvgIpc) is 3.28. The number of benzene rings is 1. The molecule has 0 saturated carbocycles. The Labute approximate surface area is 174 Å². The van der Waals surface area contributed by atoms with E-state index >= 15 is 0 Å². The summed E-state index contributed by atoms with van der Waals surface area (Å²) in [6, 6.07) is 4.79. The fourth-order valence-corrected chi connectivity index (χ4v) is 3.83. The molecule has 11 nitrogen and oxygen atoms in total. The van der Waals surface area contributed by atoms with E-state index in [-0.39, 0.29) is 24.4 Å². The van der Waals surface area contributed by atoms with Gasteiger partial charge in [-0.3, -0.25) is 15.0 Å². The smallest absolute Gasteiger partial charge is 0.292 e. The molecule has 3 rings (SSSR count). The highest BCUT2D eigenvalue weighted by atomic mass is 16.6. The van der Waals surface area contributed by atoms with Crippen LogP contribution in [0.15, 0.2) is 24.5 Å². The standard InChI is InChI=1S/C19H29N7O4/c27-13-16-11-17(28)7-10-24(16)9-4-2-1-3-8-20-18-12-15(25-14-21-22-23-25)5-6-19(18)26(29)30/h5-6,12,14,16-17,20,27-28H,1-4,7-11,13H2/t16-,17+/m0/s1. The Hall–Kier alpha value is -2.63. The molecule has 0 aliphatic carbocycles. The minimum Gasteiger partial charge on any atom is -0.395 e. The molecular formula is C19H29N7O4. The molecule has 0 radical (unpaired) electrons. The summed E-state index contributed by atoms with van der Waals surface area (Å²) in [5.74, 6) is 0. The molecule has 0 bridgehead atoms. The van der Waals surface area contributed by atoms with E-state index in [0.29, 0.717) is 24.3 Å². The number of hydrogen-bond donors (Lipinski definition) is 3. The molecule has 1 fully saturated rings. The maximum atomic E-state index is 11.3.